The van der Waals surface area contributed by atoms with Crippen molar-refractivity contribution in [2.24, 2.45) is 5.73 Å². The minimum atomic E-state index is -0.513. The summed E-state index contributed by atoms with van der Waals surface area (Å²) in [5.41, 5.74) is 16.5. The van der Waals surface area contributed by atoms with E-state index in [0.717, 1.165) is 52.7 Å². The highest BCUT2D eigenvalue weighted by molar-refractivity contribution is 7.21. The van der Waals surface area contributed by atoms with Crippen molar-refractivity contribution in [1.82, 2.24) is 4.98 Å². The number of rotatable bonds is 2. The van der Waals surface area contributed by atoms with Crippen LogP contribution in [-0.4, -0.2) is 10.9 Å². The number of nitrogen functional groups attached to an aromatic ring is 1. The van der Waals surface area contributed by atoms with Crippen molar-refractivity contribution < 1.29 is 4.79 Å². The van der Waals surface area contributed by atoms with Crippen molar-refractivity contribution in [2.75, 3.05) is 5.73 Å². The number of nitrogens with two attached hydrogens (primary N) is 2. The van der Waals surface area contributed by atoms with Crippen LogP contribution in [0.15, 0.2) is 24.3 Å². The van der Waals surface area contributed by atoms with Crippen molar-refractivity contribution in [3.05, 3.63) is 45.4 Å². The summed E-state index contributed by atoms with van der Waals surface area (Å²) in [4.78, 5) is 17.8. The van der Waals surface area contributed by atoms with Gasteiger partial charge in [-0.3, -0.25) is 4.79 Å². The molecule has 1 amide bonds. The average molecular weight is 372 g/mol. The monoisotopic (exact) mass is 371 g/mol. The Bertz CT molecular complexity index is 996. The second kappa shape index (κ2) is 6.32. The molecule has 1 aromatic carbocycles. The van der Waals surface area contributed by atoms with Gasteiger partial charge < -0.3 is 11.5 Å². The SMILES string of the molecule is NC(=O)c1sc2nc3c(c(-c4ccccc4Cl)c2c1N)CCCCC3. The van der Waals surface area contributed by atoms with Gasteiger partial charge in [0.25, 0.3) is 5.91 Å². The third-order valence-corrected chi connectivity index (χ3v) is 6.21. The summed E-state index contributed by atoms with van der Waals surface area (Å²) in [6, 6.07) is 7.76. The summed E-state index contributed by atoms with van der Waals surface area (Å²) in [7, 11) is 0. The van der Waals surface area contributed by atoms with Crippen LogP contribution in [0, 0.1) is 0 Å². The van der Waals surface area contributed by atoms with E-state index in [4.69, 9.17) is 28.1 Å². The van der Waals surface area contributed by atoms with Crippen LogP contribution in [0.25, 0.3) is 21.3 Å². The average Bonchev–Trinajstić information content (AvgIpc) is 2.77. The van der Waals surface area contributed by atoms with Gasteiger partial charge in [-0.1, -0.05) is 36.2 Å². The molecule has 128 valence electrons. The van der Waals surface area contributed by atoms with Crippen LogP contribution in [0.2, 0.25) is 5.02 Å². The number of pyridine rings is 1. The van der Waals surface area contributed by atoms with Gasteiger partial charge in [-0.25, -0.2) is 4.98 Å². The highest BCUT2D eigenvalue weighted by atomic mass is 35.5. The Morgan fingerprint density at radius 2 is 1.92 bits per heavy atom. The first kappa shape index (κ1) is 16.4. The highest BCUT2D eigenvalue weighted by Crippen LogP contribution is 2.44. The molecule has 4 nitrogen and oxygen atoms in total. The predicted octanol–water partition coefficient (Wildman–Crippen LogP) is 4.57. The molecule has 0 radical (unpaired) electrons. The number of anilines is 1. The number of benzene rings is 1. The van der Waals surface area contributed by atoms with Gasteiger partial charge in [0.05, 0.1) is 5.69 Å². The van der Waals surface area contributed by atoms with E-state index in [1.54, 1.807) is 0 Å². The number of aryl methyl sites for hydroxylation is 1. The molecule has 0 saturated heterocycles. The molecule has 4 N–H and O–H groups in total. The van der Waals surface area contributed by atoms with E-state index in [1.165, 1.54) is 23.3 Å². The first-order chi connectivity index (χ1) is 12.1. The summed E-state index contributed by atoms with van der Waals surface area (Å²) in [6.07, 6.45) is 5.31. The van der Waals surface area contributed by atoms with Crippen LogP contribution in [0.5, 0.6) is 0 Å². The maximum absolute atomic E-state index is 11.8. The lowest BCUT2D eigenvalue weighted by Crippen LogP contribution is -2.10. The maximum Gasteiger partial charge on any atom is 0.260 e. The molecule has 1 aliphatic carbocycles. The number of aromatic nitrogens is 1. The lowest BCUT2D eigenvalue weighted by molar-refractivity contribution is 0.100. The minimum Gasteiger partial charge on any atom is -0.397 e. The molecule has 0 unspecified atom stereocenters. The topological polar surface area (TPSA) is 82.0 Å². The summed E-state index contributed by atoms with van der Waals surface area (Å²) in [5.74, 6) is -0.513. The number of halogens is 1. The Kier molecular flexibility index (Phi) is 4.13. The lowest BCUT2D eigenvalue weighted by Gasteiger charge is -2.15. The molecule has 2 aromatic heterocycles. The molecule has 0 spiro atoms. The van der Waals surface area contributed by atoms with Crippen LogP contribution in [0.3, 0.4) is 0 Å². The molecule has 1 aliphatic rings. The molecule has 4 rings (SSSR count). The van der Waals surface area contributed by atoms with Crippen LogP contribution < -0.4 is 11.5 Å². The molecule has 3 aromatic rings. The third kappa shape index (κ3) is 2.68. The van der Waals surface area contributed by atoms with E-state index >= 15 is 0 Å². The van der Waals surface area contributed by atoms with Crippen LogP contribution in [0.1, 0.15) is 40.2 Å². The molecular formula is C19H18ClN3OS. The van der Waals surface area contributed by atoms with Crippen molar-refractivity contribution in [2.45, 2.75) is 32.1 Å². The first-order valence-electron chi connectivity index (χ1n) is 8.36. The number of carbonyl (C=O) groups excluding carboxylic acids is 1. The minimum absolute atomic E-state index is 0.371. The maximum atomic E-state index is 11.8. The summed E-state index contributed by atoms with van der Waals surface area (Å²) < 4.78 is 0. The lowest BCUT2D eigenvalue weighted by atomic mass is 9.92. The molecule has 6 heteroatoms. The van der Waals surface area contributed by atoms with Crippen LogP contribution in [0.4, 0.5) is 5.69 Å². The van der Waals surface area contributed by atoms with E-state index in [-0.39, 0.29) is 0 Å². The Morgan fingerprint density at radius 1 is 1.16 bits per heavy atom. The second-order valence-electron chi connectivity index (χ2n) is 6.34. The van der Waals surface area contributed by atoms with Gasteiger partial charge in [-0.15, -0.1) is 11.3 Å². The van der Waals surface area contributed by atoms with Gasteiger partial charge in [0, 0.05) is 27.2 Å². The number of carbonyl (C=O) groups is 1. The van der Waals surface area contributed by atoms with Gasteiger partial charge in [0.2, 0.25) is 0 Å². The normalized spacial score (nSPS) is 14.3. The molecule has 0 fully saturated rings. The summed E-state index contributed by atoms with van der Waals surface area (Å²) in [6.45, 7) is 0. The van der Waals surface area contributed by atoms with Crippen molar-refractivity contribution in [1.29, 1.82) is 0 Å². The molecule has 25 heavy (non-hydrogen) atoms. The molecule has 0 saturated carbocycles. The fourth-order valence-electron chi connectivity index (χ4n) is 3.63. The Morgan fingerprint density at radius 3 is 2.68 bits per heavy atom. The van der Waals surface area contributed by atoms with E-state index < -0.39 is 5.91 Å². The van der Waals surface area contributed by atoms with Gasteiger partial charge >= 0.3 is 0 Å². The zero-order valence-corrected chi connectivity index (χ0v) is 15.2. The summed E-state index contributed by atoms with van der Waals surface area (Å²) >= 11 is 7.79. The molecular weight excluding hydrogens is 354 g/mol. The van der Waals surface area contributed by atoms with Gasteiger partial charge in [-0.2, -0.15) is 0 Å². The molecule has 0 atom stereocenters. The predicted molar refractivity (Wildman–Crippen MR) is 104 cm³/mol. The number of amides is 1. The number of primary amides is 1. The standard InChI is InChI=1S/C19H18ClN3OS/c20-12-8-5-4-6-10(12)14-11-7-2-1-3-9-13(11)23-19-15(14)16(21)17(25-19)18(22)24/h4-6,8H,1-3,7,9,21H2,(H2,22,24). The smallest absolute Gasteiger partial charge is 0.260 e. The second-order valence-corrected chi connectivity index (χ2v) is 7.75. The number of fused-ring (bicyclic) bond motifs is 2. The largest absolute Gasteiger partial charge is 0.397 e. The van der Waals surface area contributed by atoms with Crippen LogP contribution in [-0.2, 0) is 12.8 Å². The van der Waals surface area contributed by atoms with Crippen molar-refractivity contribution in [3.63, 3.8) is 0 Å². The number of thiophene rings is 1. The van der Waals surface area contributed by atoms with E-state index in [9.17, 15) is 4.79 Å². The first-order valence-corrected chi connectivity index (χ1v) is 9.55. The number of hydrogen-bond acceptors (Lipinski definition) is 4. The quantitative estimate of drug-likeness (QED) is 0.647. The number of nitrogens with zero attached hydrogens (tertiary/aromatic N) is 1. The Labute approximate surface area is 154 Å². The number of hydrogen-bond donors (Lipinski definition) is 2. The van der Waals surface area contributed by atoms with Crippen LogP contribution >= 0.6 is 22.9 Å². The van der Waals surface area contributed by atoms with Gasteiger partial charge in [0.15, 0.2) is 0 Å². The Hall–Kier alpha value is -2.11. The van der Waals surface area contributed by atoms with Crippen molar-refractivity contribution in [3.8, 4) is 11.1 Å². The van der Waals surface area contributed by atoms with Gasteiger partial charge in [-0.05, 0) is 37.3 Å². The van der Waals surface area contributed by atoms with Crippen molar-refractivity contribution >= 4 is 44.7 Å². The van der Waals surface area contributed by atoms with E-state index in [2.05, 4.69) is 0 Å². The fraction of sp³-hybridized carbons (Fsp3) is 0.263. The third-order valence-electron chi connectivity index (χ3n) is 4.77. The zero-order chi connectivity index (χ0) is 17.6. The van der Waals surface area contributed by atoms with E-state index in [1.807, 2.05) is 24.3 Å². The zero-order valence-electron chi connectivity index (χ0n) is 13.6. The molecule has 0 aliphatic heterocycles. The highest BCUT2D eigenvalue weighted by Gasteiger charge is 2.25. The molecule has 2 heterocycles. The van der Waals surface area contributed by atoms with Gasteiger partial charge in [0.1, 0.15) is 9.71 Å². The Balaban J connectivity index is 2.14. The fourth-order valence-corrected chi connectivity index (χ4v) is 4.83. The molecule has 0 bridgehead atoms. The summed E-state index contributed by atoms with van der Waals surface area (Å²) in [5, 5.41) is 1.49. The van der Waals surface area contributed by atoms with E-state index in [0.29, 0.717) is 15.6 Å².